The molecule has 0 saturated carbocycles. The van der Waals surface area contributed by atoms with Crippen LogP contribution in [-0.2, 0) is 12.8 Å². The molecular weight excluding hydrogens is 248 g/mol. The predicted octanol–water partition coefficient (Wildman–Crippen LogP) is 4.11. The maximum absolute atomic E-state index is 6.05. The number of rotatable bonds is 6. The van der Waals surface area contributed by atoms with E-state index < -0.39 is 0 Å². The Morgan fingerprint density at radius 2 is 1.15 bits per heavy atom. The molecule has 0 amide bonds. The zero-order valence-corrected chi connectivity index (χ0v) is 11.5. The number of benzene rings is 2. The summed E-state index contributed by atoms with van der Waals surface area (Å²) in [6.45, 7) is 7.56. The van der Waals surface area contributed by atoms with Gasteiger partial charge in [-0.1, -0.05) is 48.6 Å². The van der Waals surface area contributed by atoms with Crippen molar-refractivity contribution in [1.82, 2.24) is 0 Å². The van der Waals surface area contributed by atoms with Gasteiger partial charge in [0.15, 0.2) is 0 Å². The van der Waals surface area contributed by atoms with Crippen LogP contribution in [0.3, 0.4) is 0 Å². The smallest absolute Gasteiger partial charge is 0.130 e. The zero-order chi connectivity index (χ0) is 13.5. The molecule has 2 N–H and O–H groups in total. The lowest BCUT2D eigenvalue weighted by atomic mass is 10.1. The third kappa shape index (κ3) is 3.84. The first-order valence-corrected chi connectivity index (χ1v) is 6.40. The van der Waals surface area contributed by atoms with Crippen LogP contribution in [0, 0.1) is 0 Å². The minimum atomic E-state index is 0. The van der Waals surface area contributed by atoms with Crippen molar-refractivity contribution in [2.24, 2.45) is 0 Å². The summed E-state index contributed by atoms with van der Waals surface area (Å²) in [6, 6.07) is 16.1. The van der Waals surface area contributed by atoms with Gasteiger partial charge in [0, 0.05) is 0 Å². The van der Waals surface area contributed by atoms with Crippen LogP contribution in [0.15, 0.2) is 73.8 Å². The predicted molar refractivity (Wildman–Crippen MR) is 84.4 cm³/mol. The molecule has 0 radical (unpaired) electrons. The number of ether oxygens (including phenoxy) is 1. The summed E-state index contributed by atoms with van der Waals surface area (Å²) in [5.74, 6) is 1.78. The molecule has 0 heterocycles. The Morgan fingerprint density at radius 3 is 1.55 bits per heavy atom. The molecule has 0 aliphatic rings. The number of hydrogen-bond donors (Lipinski definition) is 0. The van der Waals surface area contributed by atoms with Gasteiger partial charge in [-0.05, 0) is 36.1 Å². The molecule has 2 aromatic rings. The Kier molecular flexibility index (Phi) is 6.27. The molecular formula is C18H20O2. The molecule has 2 nitrogen and oxygen atoms in total. The fourth-order valence-corrected chi connectivity index (χ4v) is 1.97. The van der Waals surface area contributed by atoms with Crippen LogP contribution in [0.2, 0.25) is 0 Å². The Hall–Kier alpha value is -2.32. The van der Waals surface area contributed by atoms with Crippen LogP contribution < -0.4 is 4.74 Å². The van der Waals surface area contributed by atoms with Crippen LogP contribution >= 0.6 is 0 Å². The summed E-state index contributed by atoms with van der Waals surface area (Å²) in [4.78, 5) is 0. The highest BCUT2D eigenvalue weighted by Crippen LogP contribution is 2.28. The van der Waals surface area contributed by atoms with Crippen molar-refractivity contribution < 1.29 is 10.2 Å². The van der Waals surface area contributed by atoms with Crippen LogP contribution in [0.25, 0.3) is 0 Å². The summed E-state index contributed by atoms with van der Waals surface area (Å²) >= 11 is 0. The van der Waals surface area contributed by atoms with Gasteiger partial charge >= 0.3 is 0 Å². The van der Waals surface area contributed by atoms with E-state index in [1.807, 2.05) is 48.6 Å². The third-order valence-electron chi connectivity index (χ3n) is 2.89. The van der Waals surface area contributed by atoms with Crippen molar-refractivity contribution in [1.29, 1.82) is 0 Å². The van der Waals surface area contributed by atoms with Gasteiger partial charge in [-0.3, -0.25) is 0 Å². The largest absolute Gasteiger partial charge is 0.457 e. The summed E-state index contributed by atoms with van der Waals surface area (Å²) in [5, 5.41) is 0. The van der Waals surface area contributed by atoms with Gasteiger partial charge in [0.1, 0.15) is 11.5 Å². The van der Waals surface area contributed by atoms with Gasteiger partial charge < -0.3 is 10.2 Å². The van der Waals surface area contributed by atoms with E-state index in [0.29, 0.717) is 0 Å². The van der Waals surface area contributed by atoms with Gasteiger partial charge in [0.25, 0.3) is 0 Å². The maximum atomic E-state index is 6.05. The first-order valence-electron chi connectivity index (χ1n) is 6.40. The van der Waals surface area contributed by atoms with Gasteiger partial charge in [0.05, 0.1) is 0 Å². The number of para-hydroxylation sites is 2. The standard InChI is InChI=1S/C18H18O.H2O/c1-3-9-15-11-5-7-13-17(15)19-18-14-8-6-12-16(18)10-4-2;/h3-8,11-14H,1-2,9-10H2;1H2. The van der Waals surface area contributed by atoms with E-state index in [4.69, 9.17) is 4.74 Å². The topological polar surface area (TPSA) is 40.7 Å². The highest BCUT2D eigenvalue weighted by Gasteiger charge is 2.06. The SMILES string of the molecule is C=CCc1ccccc1Oc1ccccc1CC=C.O. The average Bonchev–Trinajstić information content (AvgIpc) is 2.44. The lowest BCUT2D eigenvalue weighted by Crippen LogP contribution is -1.93. The summed E-state index contributed by atoms with van der Waals surface area (Å²) in [7, 11) is 0. The van der Waals surface area contributed by atoms with E-state index in [0.717, 1.165) is 35.5 Å². The van der Waals surface area contributed by atoms with Crippen LogP contribution in [0.1, 0.15) is 11.1 Å². The first-order chi connectivity index (χ1) is 9.35. The van der Waals surface area contributed by atoms with Gasteiger partial charge in [-0.15, -0.1) is 13.2 Å². The minimum Gasteiger partial charge on any atom is -0.457 e. The fraction of sp³-hybridized carbons (Fsp3) is 0.111. The van der Waals surface area contributed by atoms with Crippen molar-refractivity contribution in [2.45, 2.75) is 12.8 Å². The van der Waals surface area contributed by atoms with E-state index in [2.05, 4.69) is 25.3 Å². The van der Waals surface area contributed by atoms with E-state index in [1.165, 1.54) is 0 Å². The molecule has 0 aliphatic heterocycles. The zero-order valence-electron chi connectivity index (χ0n) is 11.5. The second-order valence-electron chi connectivity index (χ2n) is 4.30. The van der Waals surface area contributed by atoms with Crippen molar-refractivity contribution in [3.8, 4) is 11.5 Å². The molecule has 0 unspecified atom stereocenters. The van der Waals surface area contributed by atoms with Crippen molar-refractivity contribution in [3.05, 3.63) is 85.0 Å². The molecule has 0 spiro atoms. The van der Waals surface area contributed by atoms with E-state index in [9.17, 15) is 0 Å². The Morgan fingerprint density at radius 1 is 0.750 bits per heavy atom. The van der Waals surface area contributed by atoms with Crippen LogP contribution in [0.4, 0.5) is 0 Å². The maximum Gasteiger partial charge on any atom is 0.130 e. The first kappa shape index (κ1) is 15.7. The van der Waals surface area contributed by atoms with E-state index >= 15 is 0 Å². The van der Waals surface area contributed by atoms with Crippen molar-refractivity contribution >= 4 is 0 Å². The van der Waals surface area contributed by atoms with Crippen molar-refractivity contribution in [3.63, 3.8) is 0 Å². The van der Waals surface area contributed by atoms with E-state index in [1.54, 1.807) is 0 Å². The van der Waals surface area contributed by atoms with Crippen LogP contribution in [0.5, 0.6) is 11.5 Å². The number of allylic oxidation sites excluding steroid dienone is 2. The summed E-state index contributed by atoms with van der Waals surface area (Å²) < 4.78 is 6.05. The molecule has 20 heavy (non-hydrogen) atoms. The van der Waals surface area contributed by atoms with Gasteiger partial charge in [0.2, 0.25) is 0 Å². The average molecular weight is 268 g/mol. The number of hydrogen-bond acceptors (Lipinski definition) is 1. The second-order valence-corrected chi connectivity index (χ2v) is 4.30. The molecule has 0 saturated heterocycles. The van der Waals surface area contributed by atoms with Crippen molar-refractivity contribution in [2.75, 3.05) is 0 Å². The molecule has 0 bridgehead atoms. The quantitative estimate of drug-likeness (QED) is 0.727. The van der Waals surface area contributed by atoms with Gasteiger partial charge in [-0.25, -0.2) is 0 Å². The highest BCUT2D eigenvalue weighted by atomic mass is 16.5. The summed E-state index contributed by atoms with van der Waals surface area (Å²) in [6.07, 6.45) is 5.38. The normalized spacial score (nSPS) is 9.40. The fourth-order valence-electron chi connectivity index (χ4n) is 1.97. The third-order valence-corrected chi connectivity index (χ3v) is 2.89. The Bertz CT molecular complexity index is 522. The molecule has 2 rings (SSSR count). The Balaban J connectivity index is 0.00000200. The lowest BCUT2D eigenvalue weighted by Gasteiger charge is -2.12. The molecule has 2 heteroatoms. The minimum absolute atomic E-state index is 0. The second kappa shape index (κ2) is 7.97. The molecule has 0 atom stereocenters. The summed E-state index contributed by atoms with van der Waals surface area (Å²) in [5.41, 5.74) is 2.29. The van der Waals surface area contributed by atoms with Crippen LogP contribution in [-0.4, -0.2) is 5.48 Å². The van der Waals surface area contributed by atoms with Gasteiger partial charge in [-0.2, -0.15) is 0 Å². The Labute approximate surface area is 120 Å². The molecule has 2 aromatic carbocycles. The van der Waals surface area contributed by atoms with E-state index in [-0.39, 0.29) is 5.48 Å². The monoisotopic (exact) mass is 268 g/mol. The highest BCUT2D eigenvalue weighted by molar-refractivity contribution is 5.42. The molecule has 0 aliphatic carbocycles. The molecule has 0 fully saturated rings. The molecule has 104 valence electrons. The molecule has 0 aromatic heterocycles. The lowest BCUT2D eigenvalue weighted by molar-refractivity contribution is 0.473.